The molecule has 3 heterocycles. The molecule has 0 bridgehead atoms. The second-order valence-electron chi connectivity index (χ2n) is 10.3. The Balaban J connectivity index is 1.45. The first kappa shape index (κ1) is 29.1. The van der Waals surface area contributed by atoms with E-state index in [1.165, 1.54) is 36.2 Å². The van der Waals surface area contributed by atoms with Crippen LogP contribution in [0.25, 0.3) is 10.4 Å². The number of rotatable bonds is 12. The van der Waals surface area contributed by atoms with E-state index >= 15 is 0 Å². The number of aromatic nitrogens is 2. The Bertz CT molecular complexity index is 1580. The van der Waals surface area contributed by atoms with Crippen molar-refractivity contribution in [3.8, 4) is 10.4 Å². The second kappa shape index (κ2) is 11.8. The number of nitrogens with one attached hydrogen (secondary N) is 2. The van der Waals surface area contributed by atoms with Gasteiger partial charge in [-0.1, -0.05) is 37.2 Å². The van der Waals surface area contributed by atoms with Crippen molar-refractivity contribution in [3.63, 3.8) is 0 Å². The largest absolute Gasteiger partial charge is 0.375 e. The number of hydrogen-bond donors (Lipinski definition) is 2. The highest BCUT2D eigenvalue weighted by atomic mass is 32.2. The Morgan fingerprint density at radius 1 is 1.24 bits per heavy atom. The molecule has 1 saturated carbocycles. The number of carbonyl (C=O) groups excluding carboxylic acids is 2. The van der Waals surface area contributed by atoms with Crippen LogP contribution in [0.3, 0.4) is 0 Å². The van der Waals surface area contributed by atoms with E-state index in [1.807, 2.05) is 13.0 Å². The van der Waals surface area contributed by atoms with Gasteiger partial charge in [0.15, 0.2) is 5.13 Å². The van der Waals surface area contributed by atoms with E-state index in [2.05, 4.69) is 20.0 Å². The minimum absolute atomic E-state index is 0.00575. The smallest absolute Gasteiger partial charge is 0.255 e. The van der Waals surface area contributed by atoms with Crippen LogP contribution in [0.2, 0.25) is 0 Å². The summed E-state index contributed by atoms with van der Waals surface area (Å²) in [4.78, 5) is 38.7. The molecule has 1 aliphatic heterocycles. The Kier molecular flexibility index (Phi) is 8.41. The molecule has 0 radical (unpaired) electrons. The predicted molar refractivity (Wildman–Crippen MR) is 158 cm³/mol. The van der Waals surface area contributed by atoms with Crippen LogP contribution in [0, 0.1) is 12.8 Å². The third-order valence-electron chi connectivity index (χ3n) is 7.19. The molecule has 0 spiro atoms. The van der Waals surface area contributed by atoms with Crippen molar-refractivity contribution in [1.29, 1.82) is 0 Å². The molecule has 13 heteroatoms. The fourth-order valence-electron chi connectivity index (χ4n) is 4.87. The van der Waals surface area contributed by atoms with Crippen LogP contribution in [-0.4, -0.2) is 69.0 Å². The summed E-state index contributed by atoms with van der Waals surface area (Å²) < 4.78 is 34.0. The van der Waals surface area contributed by atoms with Crippen molar-refractivity contribution in [1.82, 2.24) is 19.6 Å². The number of anilines is 3. The molecule has 2 amide bonds. The minimum Gasteiger partial charge on any atom is -0.375 e. The van der Waals surface area contributed by atoms with Gasteiger partial charge in [-0.2, -0.15) is 0 Å². The fraction of sp³-hybridized carbons (Fsp3) is 0.429. The van der Waals surface area contributed by atoms with Crippen LogP contribution in [0.1, 0.15) is 47.8 Å². The molecule has 0 saturated heterocycles. The van der Waals surface area contributed by atoms with Crippen LogP contribution >= 0.6 is 11.3 Å². The number of pyridine rings is 1. The highest BCUT2D eigenvalue weighted by Crippen LogP contribution is 2.40. The first-order valence-electron chi connectivity index (χ1n) is 13.5. The first-order valence-corrected chi connectivity index (χ1v) is 15.8. The Hall–Kier alpha value is -3.39. The molecule has 1 aliphatic carbocycles. The number of amides is 2. The molecule has 5 rings (SSSR count). The lowest BCUT2D eigenvalue weighted by molar-refractivity contribution is -0.121. The molecule has 2 aliphatic rings. The van der Waals surface area contributed by atoms with Gasteiger partial charge < -0.3 is 15.0 Å². The van der Waals surface area contributed by atoms with Gasteiger partial charge in [0.1, 0.15) is 18.2 Å². The van der Waals surface area contributed by atoms with Gasteiger partial charge in [-0.15, -0.1) is 0 Å². The van der Waals surface area contributed by atoms with Gasteiger partial charge in [0.25, 0.3) is 11.8 Å². The number of methoxy groups -OCH3 is 1. The number of ether oxygens (including phenoxy) is 1. The lowest BCUT2D eigenvalue weighted by atomic mass is 10.0. The Morgan fingerprint density at radius 2 is 2.02 bits per heavy atom. The standard InChI is InChI=1S/C28H34N6O5S2/c1-5-29-41(37,38)21-14-19(13-20-15-34(27(36)25(20)21)12-11-18-9-10-18)26-17(2)30-28(40-26)32-22-7-6-8-23(31-22)33(3)24(35)16-39-4/h6-8,13-14,18,29H,5,9-12,15-16H2,1-4H3,(H,30,31,32). The number of benzene rings is 1. The van der Waals surface area contributed by atoms with Gasteiger partial charge in [-0.05, 0) is 54.7 Å². The summed E-state index contributed by atoms with van der Waals surface area (Å²) in [7, 11) is -0.811. The van der Waals surface area contributed by atoms with Gasteiger partial charge in [0, 0.05) is 33.8 Å². The third-order valence-corrected chi connectivity index (χ3v) is 9.88. The van der Waals surface area contributed by atoms with Crippen LogP contribution < -0.4 is 14.9 Å². The molecule has 1 aromatic carbocycles. The number of carbonyl (C=O) groups is 2. The zero-order valence-electron chi connectivity index (χ0n) is 23.6. The fourth-order valence-corrected chi connectivity index (χ4v) is 7.13. The molecule has 3 aromatic rings. The normalized spacial score (nSPS) is 14.8. The van der Waals surface area contributed by atoms with E-state index in [9.17, 15) is 18.0 Å². The van der Waals surface area contributed by atoms with Crippen LogP contribution in [-0.2, 0) is 26.1 Å². The lowest BCUT2D eigenvalue weighted by Crippen LogP contribution is -2.30. The van der Waals surface area contributed by atoms with Crippen LogP contribution in [0.4, 0.5) is 16.8 Å². The molecule has 0 unspecified atom stereocenters. The number of likely N-dealkylation sites (N-methyl/N-ethyl adjacent to an activating group) is 1. The average molecular weight is 599 g/mol. The summed E-state index contributed by atoms with van der Waals surface area (Å²) in [5.74, 6) is 1.17. The van der Waals surface area contributed by atoms with Crippen molar-refractivity contribution < 1.29 is 22.7 Å². The van der Waals surface area contributed by atoms with Gasteiger partial charge >= 0.3 is 0 Å². The SMILES string of the molecule is CCNS(=O)(=O)c1cc(-c2sc(Nc3cccc(N(C)C(=O)COC)n3)nc2C)cc2c1C(=O)N(CCC1CC1)C2. The molecular weight excluding hydrogens is 564 g/mol. The summed E-state index contributed by atoms with van der Waals surface area (Å²) in [6, 6.07) is 8.77. The topological polar surface area (TPSA) is 134 Å². The van der Waals surface area contributed by atoms with Crippen LogP contribution in [0.15, 0.2) is 35.2 Å². The third kappa shape index (κ3) is 6.27. The molecule has 2 N–H and O–H groups in total. The molecular formula is C28H34N6O5S2. The first-order chi connectivity index (χ1) is 19.6. The maximum atomic E-state index is 13.4. The molecule has 41 heavy (non-hydrogen) atoms. The predicted octanol–water partition coefficient (Wildman–Crippen LogP) is 3.92. The maximum Gasteiger partial charge on any atom is 0.255 e. The van der Waals surface area contributed by atoms with E-state index < -0.39 is 10.0 Å². The highest BCUT2D eigenvalue weighted by Gasteiger charge is 2.36. The number of thiazole rings is 1. The van der Waals surface area contributed by atoms with Gasteiger partial charge in [0.2, 0.25) is 10.0 Å². The lowest BCUT2D eigenvalue weighted by Gasteiger charge is -2.16. The number of sulfonamides is 1. The van der Waals surface area contributed by atoms with E-state index in [-0.39, 0.29) is 35.4 Å². The minimum atomic E-state index is -3.90. The van der Waals surface area contributed by atoms with Crippen molar-refractivity contribution in [2.45, 2.75) is 44.6 Å². The Morgan fingerprint density at radius 3 is 2.73 bits per heavy atom. The van der Waals surface area contributed by atoms with Gasteiger partial charge in [-0.25, -0.2) is 23.1 Å². The van der Waals surface area contributed by atoms with Gasteiger partial charge in [-0.3, -0.25) is 14.5 Å². The summed E-state index contributed by atoms with van der Waals surface area (Å²) in [5.41, 5.74) is 2.37. The molecule has 1 fully saturated rings. The van der Waals surface area contributed by atoms with E-state index in [0.29, 0.717) is 52.6 Å². The highest BCUT2D eigenvalue weighted by molar-refractivity contribution is 7.89. The summed E-state index contributed by atoms with van der Waals surface area (Å²) >= 11 is 1.36. The molecule has 218 valence electrons. The number of fused-ring (bicyclic) bond motifs is 1. The molecule has 2 aromatic heterocycles. The average Bonchev–Trinajstić information content (AvgIpc) is 3.62. The van der Waals surface area contributed by atoms with E-state index in [0.717, 1.165) is 11.3 Å². The zero-order chi connectivity index (χ0) is 29.3. The quantitative estimate of drug-likeness (QED) is 0.321. The Labute approximate surface area is 244 Å². The van der Waals surface area contributed by atoms with E-state index in [4.69, 9.17) is 4.74 Å². The van der Waals surface area contributed by atoms with Gasteiger partial charge in [0.05, 0.1) is 21.0 Å². The second-order valence-corrected chi connectivity index (χ2v) is 13.0. The van der Waals surface area contributed by atoms with Crippen molar-refractivity contribution in [2.75, 3.05) is 44.1 Å². The van der Waals surface area contributed by atoms with E-state index in [1.54, 1.807) is 43.1 Å². The molecule has 0 atom stereocenters. The monoisotopic (exact) mass is 598 g/mol. The zero-order valence-corrected chi connectivity index (χ0v) is 25.2. The number of aryl methyl sites for hydroxylation is 1. The maximum absolute atomic E-state index is 13.4. The summed E-state index contributed by atoms with van der Waals surface area (Å²) in [5, 5.41) is 3.76. The summed E-state index contributed by atoms with van der Waals surface area (Å²) in [6.45, 7) is 4.74. The van der Waals surface area contributed by atoms with Crippen LogP contribution in [0.5, 0.6) is 0 Å². The number of nitrogens with zero attached hydrogens (tertiary/aromatic N) is 4. The van der Waals surface area contributed by atoms with Crippen molar-refractivity contribution >= 4 is 49.9 Å². The van der Waals surface area contributed by atoms with Crippen molar-refractivity contribution in [2.24, 2.45) is 5.92 Å². The van der Waals surface area contributed by atoms with Crippen molar-refractivity contribution in [3.05, 3.63) is 47.2 Å². The summed E-state index contributed by atoms with van der Waals surface area (Å²) in [6.07, 6.45) is 3.34. The number of hydrogen-bond acceptors (Lipinski definition) is 9. The molecule has 11 nitrogen and oxygen atoms in total.